The summed E-state index contributed by atoms with van der Waals surface area (Å²) in [4.78, 5) is 23.2. The number of aliphatic carboxylic acids is 1. The van der Waals surface area contributed by atoms with E-state index in [4.69, 9.17) is 21.3 Å². The first-order valence-corrected chi connectivity index (χ1v) is 9.19. The number of nitrogens with two attached hydrogens (primary N) is 2. The summed E-state index contributed by atoms with van der Waals surface area (Å²) < 4.78 is 6.52. The summed E-state index contributed by atoms with van der Waals surface area (Å²) in [6.07, 6.45) is -1.35. The Labute approximate surface area is 158 Å². The molecule has 148 valence electrons. The fourth-order valence-corrected chi connectivity index (χ4v) is 3.99. The van der Waals surface area contributed by atoms with Gasteiger partial charge in [-0.25, -0.2) is 15.0 Å². The van der Waals surface area contributed by atoms with E-state index in [9.17, 15) is 15.0 Å². The molecule has 0 radical (unpaired) electrons. The average molecular weight is 398 g/mol. The molecule has 2 aromatic heterocycles. The molecular weight excluding hydrogens is 376 g/mol. The number of thioether (sulfide) groups is 1. The van der Waals surface area contributed by atoms with Gasteiger partial charge in [-0.15, -0.1) is 0 Å². The molecule has 0 bridgehead atoms. The Kier molecular flexibility index (Phi) is 5.27. The standard InChI is InChI=1S/C15H22N6O5S/c1-15(2,10(16)14(24)25)27-3-6-8(22)9(23)13(26-6)21-5-20-7-11(17)18-4-19-12(7)21/h4-6,8-10,13,22-23H,3,16H2,1-2H3,(H,24,25)(H2,17,18,19). The molecule has 0 aliphatic carbocycles. The predicted octanol–water partition coefficient (Wildman–Crippen LogP) is -1.05. The molecule has 1 fully saturated rings. The van der Waals surface area contributed by atoms with Crippen LogP contribution in [0.25, 0.3) is 11.2 Å². The van der Waals surface area contributed by atoms with Gasteiger partial charge in [0.2, 0.25) is 0 Å². The van der Waals surface area contributed by atoms with Crippen LogP contribution < -0.4 is 11.5 Å². The number of carboxylic acid groups (broad SMARTS) is 1. The number of nitrogens with zero attached hydrogens (tertiary/aromatic N) is 4. The molecule has 11 nitrogen and oxygen atoms in total. The largest absolute Gasteiger partial charge is 0.480 e. The molecule has 7 N–H and O–H groups in total. The molecule has 3 rings (SSSR count). The van der Waals surface area contributed by atoms with Crippen LogP contribution in [-0.2, 0) is 9.53 Å². The maximum atomic E-state index is 11.1. The van der Waals surface area contributed by atoms with Gasteiger partial charge in [-0.05, 0) is 13.8 Å². The molecule has 0 amide bonds. The predicted molar refractivity (Wildman–Crippen MR) is 97.8 cm³/mol. The number of carboxylic acids is 1. The topological polar surface area (TPSA) is 183 Å². The third kappa shape index (κ3) is 3.58. The summed E-state index contributed by atoms with van der Waals surface area (Å²) in [5.41, 5.74) is 12.2. The number of rotatable bonds is 6. The highest BCUT2D eigenvalue weighted by Gasteiger charge is 2.45. The molecule has 0 aromatic carbocycles. The zero-order chi connectivity index (χ0) is 19.9. The van der Waals surface area contributed by atoms with Crippen molar-refractivity contribution in [3.63, 3.8) is 0 Å². The number of hydrogen-bond donors (Lipinski definition) is 5. The Morgan fingerprint density at radius 1 is 1.37 bits per heavy atom. The van der Waals surface area contributed by atoms with E-state index in [2.05, 4.69) is 15.0 Å². The first-order valence-electron chi connectivity index (χ1n) is 8.20. The van der Waals surface area contributed by atoms with E-state index in [1.54, 1.807) is 13.8 Å². The monoisotopic (exact) mass is 398 g/mol. The Morgan fingerprint density at radius 3 is 2.74 bits per heavy atom. The normalized spacial score (nSPS) is 27.1. The molecule has 27 heavy (non-hydrogen) atoms. The summed E-state index contributed by atoms with van der Waals surface area (Å²) in [5, 5.41) is 29.9. The fourth-order valence-electron chi connectivity index (χ4n) is 2.84. The van der Waals surface area contributed by atoms with Gasteiger partial charge in [0.05, 0.1) is 12.4 Å². The zero-order valence-corrected chi connectivity index (χ0v) is 15.6. The lowest BCUT2D eigenvalue weighted by Gasteiger charge is -2.29. The van der Waals surface area contributed by atoms with E-state index in [-0.39, 0.29) is 11.6 Å². The van der Waals surface area contributed by atoms with Gasteiger partial charge in [0.15, 0.2) is 17.7 Å². The maximum Gasteiger partial charge on any atom is 0.321 e. The molecule has 5 atom stereocenters. The number of aliphatic hydroxyl groups is 2. The minimum absolute atomic E-state index is 0.197. The molecule has 3 heterocycles. The van der Waals surface area contributed by atoms with Gasteiger partial charge in [0.25, 0.3) is 0 Å². The summed E-state index contributed by atoms with van der Waals surface area (Å²) in [6, 6.07) is -1.08. The lowest BCUT2D eigenvalue weighted by Crippen LogP contribution is -2.47. The molecule has 1 saturated heterocycles. The first-order chi connectivity index (χ1) is 12.6. The van der Waals surface area contributed by atoms with Crippen molar-refractivity contribution >= 4 is 34.7 Å². The zero-order valence-electron chi connectivity index (χ0n) is 14.8. The van der Waals surface area contributed by atoms with Crippen LogP contribution in [0.1, 0.15) is 20.1 Å². The number of aromatic nitrogens is 4. The Hall–Kier alpha value is -1.99. The fraction of sp³-hybridized carbons (Fsp3) is 0.600. The summed E-state index contributed by atoms with van der Waals surface area (Å²) in [6.45, 7) is 3.41. The highest BCUT2D eigenvalue weighted by Crippen LogP contribution is 2.36. The number of fused-ring (bicyclic) bond motifs is 1. The van der Waals surface area contributed by atoms with Crippen LogP contribution in [0.15, 0.2) is 12.7 Å². The van der Waals surface area contributed by atoms with Crippen molar-refractivity contribution in [3.8, 4) is 0 Å². The van der Waals surface area contributed by atoms with Crippen LogP contribution in [0, 0.1) is 0 Å². The Bertz CT molecular complexity index is 845. The lowest BCUT2D eigenvalue weighted by molar-refractivity contribution is -0.139. The minimum atomic E-state index is -1.22. The number of hydrogen-bond acceptors (Lipinski definition) is 10. The Morgan fingerprint density at radius 2 is 2.07 bits per heavy atom. The number of carbonyl (C=O) groups is 1. The third-order valence-electron chi connectivity index (χ3n) is 4.63. The van der Waals surface area contributed by atoms with E-state index in [0.29, 0.717) is 11.2 Å². The van der Waals surface area contributed by atoms with E-state index < -0.39 is 41.3 Å². The van der Waals surface area contributed by atoms with Gasteiger partial charge in [0, 0.05) is 10.5 Å². The van der Waals surface area contributed by atoms with Crippen LogP contribution in [0.5, 0.6) is 0 Å². The summed E-state index contributed by atoms with van der Waals surface area (Å²) in [7, 11) is 0. The van der Waals surface area contributed by atoms with Gasteiger partial charge in [-0.1, -0.05) is 0 Å². The van der Waals surface area contributed by atoms with Crippen LogP contribution in [0.3, 0.4) is 0 Å². The highest BCUT2D eigenvalue weighted by molar-refractivity contribution is 8.00. The van der Waals surface area contributed by atoms with Gasteiger partial charge in [-0.3, -0.25) is 9.36 Å². The molecule has 1 aliphatic heterocycles. The summed E-state index contributed by atoms with van der Waals surface area (Å²) >= 11 is 1.25. The molecule has 12 heteroatoms. The number of anilines is 1. The minimum Gasteiger partial charge on any atom is -0.480 e. The molecular formula is C15H22N6O5S. The van der Waals surface area contributed by atoms with Crippen LogP contribution in [-0.4, -0.2) is 75.7 Å². The number of aliphatic hydroxyl groups excluding tert-OH is 2. The van der Waals surface area contributed by atoms with Gasteiger partial charge >= 0.3 is 5.97 Å². The van der Waals surface area contributed by atoms with Crippen LogP contribution in [0.4, 0.5) is 5.82 Å². The van der Waals surface area contributed by atoms with Crippen molar-refractivity contribution in [2.75, 3.05) is 11.5 Å². The molecule has 5 unspecified atom stereocenters. The maximum absolute atomic E-state index is 11.1. The van der Waals surface area contributed by atoms with Gasteiger partial charge in [-0.2, -0.15) is 11.8 Å². The van der Waals surface area contributed by atoms with Crippen molar-refractivity contribution in [1.29, 1.82) is 0 Å². The molecule has 2 aromatic rings. The number of imidazole rings is 1. The van der Waals surface area contributed by atoms with Crippen LogP contribution >= 0.6 is 11.8 Å². The van der Waals surface area contributed by atoms with E-state index in [1.807, 2.05) is 0 Å². The van der Waals surface area contributed by atoms with Gasteiger partial charge < -0.3 is 31.5 Å². The van der Waals surface area contributed by atoms with Crippen molar-refractivity contribution < 1.29 is 24.9 Å². The second-order valence-corrected chi connectivity index (χ2v) is 8.53. The Balaban J connectivity index is 1.76. The van der Waals surface area contributed by atoms with Gasteiger partial charge in [0.1, 0.15) is 30.1 Å². The molecule has 0 spiro atoms. The molecule has 1 aliphatic rings. The quantitative estimate of drug-likeness (QED) is 0.400. The molecule has 0 saturated carbocycles. The smallest absolute Gasteiger partial charge is 0.321 e. The van der Waals surface area contributed by atoms with Crippen molar-refractivity contribution in [2.45, 2.75) is 49.2 Å². The lowest BCUT2D eigenvalue weighted by atomic mass is 10.1. The number of nitrogen functional groups attached to an aromatic ring is 1. The van der Waals surface area contributed by atoms with Crippen LogP contribution in [0.2, 0.25) is 0 Å². The second kappa shape index (κ2) is 7.20. The van der Waals surface area contributed by atoms with Crippen molar-refractivity contribution in [2.24, 2.45) is 5.73 Å². The van der Waals surface area contributed by atoms with E-state index in [1.165, 1.54) is 29.0 Å². The van der Waals surface area contributed by atoms with Crippen molar-refractivity contribution in [1.82, 2.24) is 19.5 Å². The highest BCUT2D eigenvalue weighted by atomic mass is 32.2. The third-order valence-corrected chi connectivity index (χ3v) is 6.13. The summed E-state index contributed by atoms with van der Waals surface area (Å²) in [5.74, 6) is -0.671. The SMILES string of the molecule is CC(C)(SCC1OC(n2cnc3c(N)ncnc32)C(O)C1O)C(N)C(=O)O. The average Bonchev–Trinajstić information content (AvgIpc) is 3.16. The van der Waals surface area contributed by atoms with E-state index in [0.717, 1.165) is 0 Å². The number of ether oxygens (including phenoxy) is 1. The first kappa shape index (κ1) is 19.8. The second-order valence-electron chi connectivity index (χ2n) is 6.86. The van der Waals surface area contributed by atoms with Crippen molar-refractivity contribution in [3.05, 3.63) is 12.7 Å². The van der Waals surface area contributed by atoms with E-state index >= 15 is 0 Å².